The number of amides is 1. The van der Waals surface area contributed by atoms with Crippen LogP contribution in [-0.4, -0.2) is 69.9 Å². The van der Waals surface area contributed by atoms with E-state index in [4.69, 9.17) is 4.74 Å². The van der Waals surface area contributed by atoms with Crippen molar-refractivity contribution in [1.29, 1.82) is 0 Å². The van der Waals surface area contributed by atoms with Gasteiger partial charge in [0, 0.05) is 42.6 Å². The fourth-order valence-electron chi connectivity index (χ4n) is 5.79. The van der Waals surface area contributed by atoms with Crippen LogP contribution in [0.5, 0.6) is 0 Å². The largest absolute Gasteiger partial charge is 0.379 e. The second kappa shape index (κ2) is 7.88. The predicted octanol–water partition coefficient (Wildman–Crippen LogP) is 3.29. The van der Waals surface area contributed by atoms with Gasteiger partial charge < -0.3 is 14.6 Å². The molecule has 2 aliphatic carbocycles. The maximum Gasteiger partial charge on any atom is 0.244 e. The summed E-state index contributed by atoms with van der Waals surface area (Å²) in [7, 11) is 0. The van der Waals surface area contributed by atoms with Gasteiger partial charge in [-0.3, -0.25) is 14.8 Å². The Hall–Kier alpha value is -2.78. The number of rotatable bonds is 5. The van der Waals surface area contributed by atoms with Crippen molar-refractivity contribution in [2.24, 2.45) is 11.3 Å². The third kappa shape index (κ3) is 3.44. The summed E-state index contributed by atoms with van der Waals surface area (Å²) in [5.74, 6) is 0.779. The number of ether oxygens (including phenoxy) is 1. The molecule has 3 aromatic rings. The van der Waals surface area contributed by atoms with Crippen LogP contribution in [0.4, 0.5) is 10.1 Å². The molecule has 1 saturated carbocycles. The minimum atomic E-state index is -0.445. The number of anilines is 1. The highest BCUT2D eigenvalue weighted by Crippen LogP contribution is 2.59. The average Bonchev–Trinajstić information content (AvgIpc) is 3.13. The molecule has 34 heavy (non-hydrogen) atoms. The van der Waals surface area contributed by atoms with Crippen LogP contribution in [0.2, 0.25) is 0 Å². The molecular weight excluding hydrogens is 435 g/mol. The normalized spacial score (nSPS) is 25.1. The number of aromatic nitrogens is 4. The summed E-state index contributed by atoms with van der Waals surface area (Å²) < 4.78 is 20.6. The third-order valence-corrected chi connectivity index (χ3v) is 8.12. The zero-order valence-electron chi connectivity index (χ0n) is 19.9. The van der Waals surface area contributed by atoms with E-state index in [1.807, 2.05) is 19.9 Å². The lowest BCUT2D eigenvalue weighted by Gasteiger charge is -2.34. The minimum absolute atomic E-state index is 0.0447. The van der Waals surface area contributed by atoms with Crippen molar-refractivity contribution >= 4 is 22.6 Å². The Morgan fingerprint density at radius 3 is 2.94 bits per heavy atom. The van der Waals surface area contributed by atoms with E-state index >= 15 is 4.39 Å². The monoisotopic (exact) mass is 466 g/mol. The zero-order chi connectivity index (χ0) is 23.6. The average molecular weight is 467 g/mol. The van der Waals surface area contributed by atoms with Gasteiger partial charge in [-0.15, -0.1) is 0 Å². The van der Waals surface area contributed by atoms with Crippen molar-refractivity contribution in [3.8, 4) is 11.5 Å². The number of imidazole rings is 1. The Morgan fingerprint density at radius 1 is 1.38 bits per heavy atom. The number of hydrogen-bond acceptors (Lipinski definition) is 5. The summed E-state index contributed by atoms with van der Waals surface area (Å²) in [6.07, 6.45) is 3.24. The maximum atomic E-state index is 15.2. The number of morpholine rings is 1. The van der Waals surface area contributed by atoms with E-state index in [1.165, 1.54) is 23.7 Å². The van der Waals surface area contributed by atoms with Crippen LogP contribution in [0.25, 0.3) is 22.6 Å². The smallest absolute Gasteiger partial charge is 0.244 e. The van der Waals surface area contributed by atoms with Gasteiger partial charge in [0.25, 0.3) is 0 Å². The molecule has 3 heterocycles. The van der Waals surface area contributed by atoms with Gasteiger partial charge in [0.1, 0.15) is 11.2 Å². The van der Waals surface area contributed by atoms with E-state index in [1.54, 1.807) is 4.90 Å². The number of nitrogens with zero attached hydrogens (tertiary/aromatic N) is 4. The second-order valence-electron chi connectivity index (χ2n) is 10.3. The van der Waals surface area contributed by atoms with Gasteiger partial charge in [0.2, 0.25) is 5.91 Å². The van der Waals surface area contributed by atoms with Gasteiger partial charge in [0.15, 0.2) is 11.6 Å². The van der Waals surface area contributed by atoms with Crippen molar-refractivity contribution in [3.05, 3.63) is 29.2 Å². The lowest BCUT2D eigenvalue weighted by molar-refractivity contribution is -0.124. The number of H-pyrrole nitrogens is 2. The number of benzene rings is 1. The number of aromatic amines is 2. The second-order valence-corrected chi connectivity index (χ2v) is 10.3. The Balaban J connectivity index is 1.31. The molecule has 180 valence electrons. The Labute approximate surface area is 197 Å². The molecule has 8 nitrogen and oxygen atoms in total. The highest BCUT2D eigenvalue weighted by Gasteiger charge is 2.53. The van der Waals surface area contributed by atoms with Gasteiger partial charge in [-0.1, -0.05) is 6.92 Å². The lowest BCUT2D eigenvalue weighted by atomic mass is 9.88. The fraction of sp³-hybridized carbons (Fsp3) is 0.560. The van der Waals surface area contributed by atoms with Crippen LogP contribution in [0, 0.1) is 17.2 Å². The first-order valence-corrected chi connectivity index (χ1v) is 12.3. The molecule has 1 aliphatic heterocycles. The summed E-state index contributed by atoms with van der Waals surface area (Å²) >= 11 is 0. The Kier molecular flexibility index (Phi) is 5.04. The summed E-state index contributed by atoms with van der Waals surface area (Å²) in [6, 6.07) is 2.93. The Morgan fingerprint density at radius 2 is 2.18 bits per heavy atom. The molecule has 0 spiro atoms. The van der Waals surface area contributed by atoms with Gasteiger partial charge in [-0.2, -0.15) is 5.10 Å². The van der Waals surface area contributed by atoms with Gasteiger partial charge in [0.05, 0.1) is 24.8 Å². The fourth-order valence-corrected chi connectivity index (χ4v) is 5.79. The topological polar surface area (TPSA) is 90.1 Å². The van der Waals surface area contributed by atoms with Crippen molar-refractivity contribution in [3.63, 3.8) is 0 Å². The van der Waals surface area contributed by atoms with Gasteiger partial charge in [-0.05, 0) is 50.5 Å². The molecule has 2 aromatic heterocycles. The van der Waals surface area contributed by atoms with E-state index in [0.29, 0.717) is 48.1 Å². The van der Waals surface area contributed by atoms with Gasteiger partial charge >= 0.3 is 0 Å². The SMILES string of the molecule is CCN(C(=O)[C@H](C)N1CCOCC1)c1cc(F)c2nc(-c3n[nH]c4c3C[C@@H]3C[C@]3(C)C4)[nH]c2c1. The number of carbonyl (C=O) groups excluding carboxylic acids is 1. The number of fused-ring (bicyclic) bond motifs is 3. The molecule has 2 fully saturated rings. The first-order valence-electron chi connectivity index (χ1n) is 12.3. The zero-order valence-corrected chi connectivity index (χ0v) is 19.9. The Bertz CT molecular complexity index is 1260. The van der Waals surface area contributed by atoms with Crippen molar-refractivity contribution in [1.82, 2.24) is 25.1 Å². The van der Waals surface area contributed by atoms with E-state index in [-0.39, 0.29) is 17.5 Å². The molecule has 0 radical (unpaired) electrons. The van der Waals surface area contributed by atoms with E-state index in [9.17, 15) is 4.79 Å². The molecule has 2 N–H and O–H groups in total. The van der Waals surface area contributed by atoms with Crippen molar-refractivity contribution < 1.29 is 13.9 Å². The van der Waals surface area contributed by atoms with E-state index in [2.05, 4.69) is 32.0 Å². The van der Waals surface area contributed by atoms with Crippen LogP contribution in [0.3, 0.4) is 0 Å². The van der Waals surface area contributed by atoms with Crippen LogP contribution in [0.15, 0.2) is 12.1 Å². The molecule has 3 aliphatic rings. The van der Waals surface area contributed by atoms with Crippen LogP contribution >= 0.6 is 0 Å². The molecule has 0 bridgehead atoms. The molecule has 1 amide bonds. The molecule has 1 saturated heterocycles. The van der Waals surface area contributed by atoms with E-state index < -0.39 is 5.82 Å². The first kappa shape index (κ1) is 21.7. The third-order valence-electron chi connectivity index (χ3n) is 8.12. The predicted molar refractivity (Wildman–Crippen MR) is 127 cm³/mol. The molecule has 0 unspecified atom stereocenters. The number of hydrogen-bond donors (Lipinski definition) is 2. The van der Waals surface area contributed by atoms with Crippen LogP contribution < -0.4 is 4.90 Å². The van der Waals surface area contributed by atoms with Crippen molar-refractivity contribution in [2.45, 2.75) is 46.1 Å². The molecule has 9 heteroatoms. The lowest BCUT2D eigenvalue weighted by Crippen LogP contribution is -2.51. The minimum Gasteiger partial charge on any atom is -0.379 e. The van der Waals surface area contributed by atoms with Crippen LogP contribution in [0.1, 0.15) is 38.4 Å². The van der Waals surface area contributed by atoms with E-state index in [0.717, 1.165) is 31.6 Å². The number of halogens is 1. The summed E-state index contributed by atoms with van der Waals surface area (Å²) in [5.41, 5.74) is 4.93. The van der Waals surface area contributed by atoms with Gasteiger partial charge in [-0.25, -0.2) is 9.37 Å². The highest BCUT2D eigenvalue weighted by atomic mass is 19.1. The number of nitrogens with one attached hydrogen (secondary N) is 2. The summed E-state index contributed by atoms with van der Waals surface area (Å²) in [5, 5.41) is 7.73. The first-order chi connectivity index (χ1) is 16.4. The molecule has 6 rings (SSSR count). The quantitative estimate of drug-likeness (QED) is 0.602. The van der Waals surface area contributed by atoms with Crippen molar-refractivity contribution in [2.75, 3.05) is 37.7 Å². The summed E-state index contributed by atoms with van der Waals surface area (Å²) in [6.45, 7) is 9.28. The number of carbonyl (C=O) groups is 1. The molecule has 1 aromatic carbocycles. The van der Waals surface area contributed by atoms with Crippen LogP contribution in [-0.2, 0) is 22.4 Å². The maximum absolute atomic E-state index is 15.2. The summed E-state index contributed by atoms with van der Waals surface area (Å²) in [4.78, 5) is 24.9. The standard InChI is InChI=1S/C25H31FN6O2/c1-4-32(24(33)14(2)31-5-7-34-8-6-31)16-10-18(26)22-19(11-16)27-23(28-22)21-17-9-15-12-25(15,3)13-20(17)29-30-21/h10-11,14-15H,4-9,12-13H2,1-3H3,(H,27,28)(H,29,30)/t14-,15+,25+/m0/s1. The molecule has 3 atom stereocenters. The number of likely N-dealkylation sites (N-methyl/N-ethyl adjacent to an activating group) is 1. The highest BCUT2D eigenvalue weighted by molar-refractivity contribution is 5.98. The molecular formula is C25H31FN6O2.